The van der Waals surface area contributed by atoms with Crippen LogP contribution >= 0.6 is 11.8 Å². The summed E-state index contributed by atoms with van der Waals surface area (Å²) in [5, 5.41) is -0.420. The lowest BCUT2D eigenvalue weighted by molar-refractivity contribution is -0.265. The van der Waals surface area contributed by atoms with E-state index in [0.717, 1.165) is 0 Å². The highest BCUT2D eigenvalue weighted by Crippen LogP contribution is 2.44. The average molecular weight is 362 g/mol. The highest BCUT2D eigenvalue weighted by Gasteiger charge is 2.60. The second kappa shape index (κ2) is 7.55. The Morgan fingerprint density at radius 3 is 2.00 bits per heavy atom. The summed E-state index contributed by atoms with van der Waals surface area (Å²) in [6.45, 7) is 0. The molecule has 0 aliphatic heterocycles. The van der Waals surface area contributed by atoms with Gasteiger partial charge in [-0.1, -0.05) is 42.1 Å². The zero-order valence-electron chi connectivity index (χ0n) is 11.7. The fourth-order valence-corrected chi connectivity index (χ4v) is 2.46. The number of carbonyl (C=O) groups excluding carboxylic acids is 1. The van der Waals surface area contributed by atoms with E-state index in [4.69, 9.17) is 0 Å². The lowest BCUT2D eigenvalue weighted by Crippen LogP contribution is -2.43. The van der Waals surface area contributed by atoms with E-state index in [-0.39, 0.29) is 5.75 Å². The molecule has 0 spiro atoms. The second-order valence-corrected chi connectivity index (χ2v) is 5.87. The van der Waals surface area contributed by atoms with E-state index >= 15 is 0 Å². The first-order valence-electron chi connectivity index (χ1n) is 6.49. The van der Waals surface area contributed by atoms with Gasteiger partial charge in [-0.25, -0.2) is 0 Å². The lowest BCUT2D eigenvalue weighted by Gasteiger charge is -2.27. The monoisotopic (exact) mass is 362 g/mol. The molecule has 9 heteroatoms. The molecule has 0 amide bonds. The van der Waals surface area contributed by atoms with E-state index < -0.39 is 42.4 Å². The number of thioether (sulfide) groups is 1. The molecule has 1 nitrogen and oxygen atoms in total. The summed E-state index contributed by atoms with van der Waals surface area (Å²) in [6, 6.07) is 7.87. The van der Waals surface area contributed by atoms with Gasteiger partial charge < -0.3 is 0 Å². The Balaban J connectivity index is 2.46. The quantitative estimate of drug-likeness (QED) is 0.466. The van der Waals surface area contributed by atoms with Gasteiger partial charge >= 0.3 is 18.0 Å². The molecule has 23 heavy (non-hydrogen) atoms. The molecule has 0 heterocycles. The summed E-state index contributed by atoms with van der Waals surface area (Å²) in [5.41, 5.74) is 0.326. The van der Waals surface area contributed by atoms with Gasteiger partial charge in [-0.05, 0) is 6.42 Å². The number of halogens is 7. The smallest absolute Gasteiger partial charge is 0.282 e. The summed E-state index contributed by atoms with van der Waals surface area (Å²) < 4.78 is 88.2. The van der Waals surface area contributed by atoms with Crippen LogP contribution < -0.4 is 0 Å². The van der Waals surface area contributed by atoms with Gasteiger partial charge in [0.15, 0.2) is 0 Å². The number of carbonyl (C=O) groups is 1. The fraction of sp³-hybridized carbons (Fsp3) is 0.500. The fourth-order valence-electron chi connectivity index (χ4n) is 1.68. The van der Waals surface area contributed by atoms with E-state index in [2.05, 4.69) is 0 Å². The van der Waals surface area contributed by atoms with Gasteiger partial charge in [0.2, 0.25) is 5.12 Å². The Labute approximate surface area is 132 Å². The molecular weight excluding hydrogens is 349 g/mol. The third kappa shape index (κ3) is 6.40. The molecule has 0 bridgehead atoms. The van der Waals surface area contributed by atoms with Crippen molar-refractivity contribution in [1.29, 1.82) is 0 Å². The highest BCUT2D eigenvalue weighted by atomic mass is 32.2. The number of alkyl halides is 7. The van der Waals surface area contributed by atoms with Crippen LogP contribution in [0.5, 0.6) is 0 Å². The van der Waals surface area contributed by atoms with Crippen molar-refractivity contribution < 1.29 is 35.5 Å². The summed E-state index contributed by atoms with van der Waals surface area (Å²) >= 11 is 0.655. The van der Waals surface area contributed by atoms with Crippen LogP contribution in [0, 0.1) is 0 Å². The predicted octanol–water partition coefficient (Wildman–Crippen LogP) is 5.56. The lowest BCUT2D eigenvalue weighted by atomic mass is 10.0. The van der Waals surface area contributed by atoms with E-state index in [0.29, 0.717) is 17.3 Å². The predicted molar refractivity (Wildman–Crippen MR) is 73.0 cm³/mol. The first kappa shape index (κ1) is 19.8. The third-order valence-corrected chi connectivity index (χ3v) is 3.83. The summed E-state index contributed by atoms with van der Waals surface area (Å²) in [7, 11) is 0. The Morgan fingerprint density at radius 1 is 0.913 bits per heavy atom. The summed E-state index contributed by atoms with van der Waals surface area (Å²) in [5.74, 6) is -10.1. The molecule has 1 rings (SSSR count). The topological polar surface area (TPSA) is 17.1 Å². The standard InChI is InChI=1S/C14H13F7OS/c15-12(16,13(17,18)9-14(19,20)21)7-4-8-23-11(22)10-5-2-1-3-6-10/h1-3,5-6H,4,7-9H2. The number of rotatable bonds is 7. The van der Waals surface area contributed by atoms with Crippen molar-refractivity contribution in [3.8, 4) is 0 Å². The Hall–Kier alpha value is -1.25. The van der Waals surface area contributed by atoms with Gasteiger partial charge in [-0.2, -0.15) is 30.7 Å². The van der Waals surface area contributed by atoms with Crippen LogP contribution in [0.3, 0.4) is 0 Å². The van der Waals surface area contributed by atoms with Crippen molar-refractivity contribution in [1.82, 2.24) is 0 Å². The summed E-state index contributed by atoms with van der Waals surface area (Å²) in [4.78, 5) is 11.6. The minimum absolute atomic E-state index is 0.189. The van der Waals surface area contributed by atoms with Crippen LogP contribution in [-0.4, -0.2) is 28.9 Å². The Bertz CT molecular complexity index is 514. The van der Waals surface area contributed by atoms with Crippen molar-refractivity contribution in [3.63, 3.8) is 0 Å². The average Bonchev–Trinajstić information content (AvgIpc) is 2.41. The molecule has 0 fully saturated rings. The van der Waals surface area contributed by atoms with Crippen molar-refractivity contribution in [2.24, 2.45) is 0 Å². The maximum absolute atomic E-state index is 13.2. The Morgan fingerprint density at radius 2 is 1.48 bits per heavy atom. The van der Waals surface area contributed by atoms with Crippen LogP contribution in [0.15, 0.2) is 30.3 Å². The molecule has 0 aliphatic carbocycles. The molecule has 0 aromatic heterocycles. The van der Waals surface area contributed by atoms with Crippen molar-refractivity contribution in [3.05, 3.63) is 35.9 Å². The third-order valence-electron chi connectivity index (χ3n) is 2.84. The molecule has 0 atom stereocenters. The molecule has 1 aromatic rings. The van der Waals surface area contributed by atoms with Gasteiger partial charge in [-0.3, -0.25) is 4.79 Å². The van der Waals surface area contributed by atoms with Crippen molar-refractivity contribution >= 4 is 16.9 Å². The minimum atomic E-state index is -5.38. The highest BCUT2D eigenvalue weighted by molar-refractivity contribution is 8.14. The van der Waals surface area contributed by atoms with Crippen molar-refractivity contribution in [2.45, 2.75) is 37.3 Å². The second-order valence-electron chi connectivity index (χ2n) is 4.81. The van der Waals surface area contributed by atoms with Gasteiger partial charge in [0.25, 0.3) is 0 Å². The maximum atomic E-state index is 13.2. The van der Waals surface area contributed by atoms with Crippen LogP contribution in [0.25, 0.3) is 0 Å². The van der Waals surface area contributed by atoms with Gasteiger partial charge in [0, 0.05) is 17.7 Å². The van der Waals surface area contributed by atoms with Crippen LogP contribution in [-0.2, 0) is 0 Å². The molecule has 0 aliphatic rings. The van der Waals surface area contributed by atoms with Crippen LogP contribution in [0.4, 0.5) is 30.7 Å². The van der Waals surface area contributed by atoms with E-state index in [1.54, 1.807) is 18.2 Å². The van der Waals surface area contributed by atoms with Crippen LogP contribution in [0.1, 0.15) is 29.6 Å². The molecule has 0 radical (unpaired) electrons. The minimum Gasteiger partial charge on any atom is -0.282 e. The number of benzene rings is 1. The van der Waals surface area contributed by atoms with Gasteiger partial charge in [0.1, 0.15) is 6.42 Å². The van der Waals surface area contributed by atoms with E-state index in [1.165, 1.54) is 12.1 Å². The maximum Gasteiger partial charge on any atom is 0.395 e. The van der Waals surface area contributed by atoms with Crippen LogP contribution in [0.2, 0.25) is 0 Å². The zero-order chi connectivity index (χ0) is 17.7. The number of hydrogen-bond donors (Lipinski definition) is 0. The normalized spacial score (nSPS) is 13.2. The Kier molecular flexibility index (Phi) is 6.49. The molecule has 1 aromatic carbocycles. The molecule has 0 saturated heterocycles. The molecule has 0 unspecified atom stereocenters. The van der Waals surface area contributed by atoms with Crippen molar-refractivity contribution in [2.75, 3.05) is 5.75 Å². The number of hydrogen-bond acceptors (Lipinski definition) is 2. The van der Waals surface area contributed by atoms with Gasteiger partial charge in [0.05, 0.1) is 0 Å². The SMILES string of the molecule is O=C(SCCCC(F)(F)C(F)(F)CC(F)(F)F)c1ccccc1. The largest absolute Gasteiger partial charge is 0.395 e. The molecule has 0 N–H and O–H groups in total. The van der Waals surface area contributed by atoms with Gasteiger partial charge in [-0.15, -0.1) is 0 Å². The summed E-state index contributed by atoms with van der Waals surface area (Å²) in [6.07, 6.45) is -10.2. The first-order valence-corrected chi connectivity index (χ1v) is 7.48. The molecule has 0 saturated carbocycles. The zero-order valence-corrected chi connectivity index (χ0v) is 12.5. The van der Waals surface area contributed by atoms with E-state index in [1.807, 2.05) is 0 Å². The van der Waals surface area contributed by atoms with E-state index in [9.17, 15) is 35.5 Å². The first-order chi connectivity index (χ1) is 10.4. The molecule has 130 valence electrons. The molecular formula is C14H13F7OS.